The Morgan fingerprint density at radius 2 is 1.96 bits per heavy atom. The fourth-order valence-corrected chi connectivity index (χ4v) is 4.41. The van der Waals surface area contributed by atoms with Gasteiger partial charge in [-0.05, 0) is 50.6 Å². The van der Waals surface area contributed by atoms with Crippen molar-refractivity contribution in [3.63, 3.8) is 0 Å². The molecule has 2 amide bonds. The van der Waals surface area contributed by atoms with E-state index < -0.39 is 5.97 Å². The van der Waals surface area contributed by atoms with E-state index in [0.717, 1.165) is 38.8 Å². The van der Waals surface area contributed by atoms with Crippen molar-refractivity contribution in [1.82, 2.24) is 15.1 Å². The average Bonchev–Trinajstić information content (AvgIpc) is 2.97. The van der Waals surface area contributed by atoms with E-state index in [9.17, 15) is 9.59 Å². The molecule has 1 heterocycles. The Morgan fingerprint density at radius 3 is 2.59 bits per heavy atom. The molecule has 1 aromatic rings. The second-order valence-corrected chi connectivity index (χ2v) is 7.90. The summed E-state index contributed by atoms with van der Waals surface area (Å²) in [6.45, 7) is 5.73. The maximum atomic E-state index is 12.7. The molecule has 2 aliphatic rings. The Kier molecular flexibility index (Phi) is 6.37. The number of nitrogens with zero attached hydrogens (tertiary/aromatic N) is 2. The molecule has 2 N–H and O–H groups in total. The molecule has 0 spiro atoms. The number of urea groups is 1. The molecule has 1 saturated carbocycles. The number of carbonyl (C=O) groups excluding carboxylic acids is 1. The normalized spacial score (nSPS) is 27.4. The molecule has 3 rings (SSSR count). The first-order valence-corrected chi connectivity index (χ1v) is 10.0. The number of likely N-dealkylation sites (N-methyl/N-ethyl adjacent to an activating group) is 1. The van der Waals surface area contributed by atoms with Gasteiger partial charge in [-0.1, -0.05) is 37.3 Å². The lowest BCUT2D eigenvalue weighted by molar-refractivity contribution is -0.139. The first-order chi connectivity index (χ1) is 13.0. The van der Waals surface area contributed by atoms with Gasteiger partial charge >= 0.3 is 12.0 Å². The number of rotatable bonds is 7. The Bertz CT molecular complexity index is 645. The lowest BCUT2D eigenvalue weighted by atomic mass is 9.85. The van der Waals surface area contributed by atoms with Gasteiger partial charge in [-0.25, -0.2) is 4.79 Å². The summed E-state index contributed by atoms with van der Waals surface area (Å²) in [5, 5.41) is 12.1. The Labute approximate surface area is 161 Å². The van der Waals surface area contributed by atoms with E-state index in [1.807, 2.05) is 22.8 Å². The fraction of sp³-hybridized carbons (Fsp3) is 0.619. The third-order valence-electron chi connectivity index (χ3n) is 6.22. The zero-order valence-electron chi connectivity index (χ0n) is 16.3. The van der Waals surface area contributed by atoms with Crippen LogP contribution in [-0.4, -0.2) is 64.7 Å². The van der Waals surface area contributed by atoms with E-state index in [1.165, 1.54) is 5.56 Å². The Morgan fingerprint density at radius 1 is 1.26 bits per heavy atom. The molecule has 1 aromatic carbocycles. The molecule has 2 fully saturated rings. The van der Waals surface area contributed by atoms with Crippen LogP contribution >= 0.6 is 0 Å². The predicted octanol–water partition coefficient (Wildman–Crippen LogP) is 2.59. The van der Waals surface area contributed by atoms with E-state index in [0.29, 0.717) is 5.92 Å². The highest BCUT2D eigenvalue weighted by Gasteiger charge is 2.38. The maximum absolute atomic E-state index is 12.7. The van der Waals surface area contributed by atoms with Crippen molar-refractivity contribution in [3.8, 4) is 0 Å². The molecule has 27 heavy (non-hydrogen) atoms. The Hall–Kier alpha value is -2.08. The number of benzene rings is 1. The molecule has 6 heteroatoms. The van der Waals surface area contributed by atoms with Crippen LogP contribution in [0.25, 0.3) is 0 Å². The van der Waals surface area contributed by atoms with Gasteiger partial charge in [0, 0.05) is 24.7 Å². The third-order valence-corrected chi connectivity index (χ3v) is 6.22. The molecule has 0 radical (unpaired) electrons. The van der Waals surface area contributed by atoms with Gasteiger partial charge < -0.3 is 15.3 Å². The fourth-order valence-electron chi connectivity index (χ4n) is 4.41. The second kappa shape index (κ2) is 8.74. The minimum absolute atomic E-state index is 0.0304. The molecule has 6 nitrogen and oxygen atoms in total. The maximum Gasteiger partial charge on any atom is 0.317 e. The summed E-state index contributed by atoms with van der Waals surface area (Å²) in [6.07, 6.45) is 3.72. The Balaban J connectivity index is 1.45. The first kappa shape index (κ1) is 19.7. The van der Waals surface area contributed by atoms with E-state index in [-0.39, 0.29) is 30.7 Å². The van der Waals surface area contributed by atoms with Gasteiger partial charge in [-0.2, -0.15) is 0 Å². The van der Waals surface area contributed by atoms with Crippen molar-refractivity contribution in [2.45, 2.75) is 57.7 Å². The van der Waals surface area contributed by atoms with Crippen LogP contribution in [0.1, 0.15) is 38.7 Å². The lowest BCUT2D eigenvalue weighted by Crippen LogP contribution is -2.57. The highest BCUT2D eigenvalue weighted by molar-refractivity contribution is 5.75. The minimum atomic E-state index is -0.792. The van der Waals surface area contributed by atoms with E-state index in [1.54, 1.807) is 0 Å². The van der Waals surface area contributed by atoms with Crippen LogP contribution in [0.4, 0.5) is 4.79 Å². The molecule has 0 aromatic heterocycles. The van der Waals surface area contributed by atoms with E-state index in [4.69, 9.17) is 5.11 Å². The molecule has 2 atom stereocenters. The van der Waals surface area contributed by atoms with Crippen LogP contribution in [0.3, 0.4) is 0 Å². The molecule has 2 unspecified atom stereocenters. The highest BCUT2D eigenvalue weighted by Crippen LogP contribution is 2.29. The van der Waals surface area contributed by atoms with Crippen LogP contribution in [0.15, 0.2) is 30.3 Å². The SMILES string of the molecule is CCN(CC(=O)O)C1CC(NC(=O)N2CCC(Cc3ccccc3)C2C)C1. The number of hydrogen-bond acceptors (Lipinski definition) is 3. The number of carboxylic acid groups (broad SMARTS) is 1. The van der Waals surface area contributed by atoms with Crippen molar-refractivity contribution in [1.29, 1.82) is 0 Å². The standard InChI is InChI=1S/C21H31N3O3/c1-3-23(14-20(25)26)19-12-18(13-19)22-21(27)24-10-9-17(15(24)2)11-16-7-5-4-6-8-16/h4-8,15,17-19H,3,9-14H2,1-2H3,(H,22,27)(H,25,26). The van der Waals surface area contributed by atoms with Crippen LogP contribution in [0.2, 0.25) is 0 Å². The average molecular weight is 373 g/mol. The number of amides is 2. The first-order valence-electron chi connectivity index (χ1n) is 10.0. The molecular formula is C21H31N3O3. The van der Waals surface area contributed by atoms with E-state index >= 15 is 0 Å². The summed E-state index contributed by atoms with van der Waals surface area (Å²) in [6, 6.07) is 11.2. The van der Waals surface area contributed by atoms with Gasteiger partial charge in [0.05, 0.1) is 6.54 Å². The van der Waals surface area contributed by atoms with Crippen molar-refractivity contribution in [3.05, 3.63) is 35.9 Å². The highest BCUT2D eigenvalue weighted by atomic mass is 16.4. The van der Waals surface area contributed by atoms with Crippen LogP contribution in [0, 0.1) is 5.92 Å². The zero-order chi connectivity index (χ0) is 19.4. The van der Waals surface area contributed by atoms with Crippen molar-refractivity contribution in [2.24, 2.45) is 5.92 Å². The monoisotopic (exact) mass is 373 g/mol. The second-order valence-electron chi connectivity index (χ2n) is 7.90. The van der Waals surface area contributed by atoms with Crippen molar-refractivity contribution in [2.75, 3.05) is 19.6 Å². The predicted molar refractivity (Wildman–Crippen MR) is 105 cm³/mol. The van der Waals surface area contributed by atoms with Gasteiger partial charge in [-0.15, -0.1) is 0 Å². The summed E-state index contributed by atoms with van der Waals surface area (Å²) in [5.74, 6) is -0.293. The number of aliphatic carboxylic acids is 1. The largest absolute Gasteiger partial charge is 0.480 e. The topological polar surface area (TPSA) is 72.9 Å². The quantitative estimate of drug-likeness (QED) is 0.771. The molecule has 0 bridgehead atoms. The molecule has 1 aliphatic carbocycles. The van der Waals surface area contributed by atoms with Gasteiger partial charge in [0.25, 0.3) is 0 Å². The smallest absolute Gasteiger partial charge is 0.317 e. The van der Waals surface area contributed by atoms with Gasteiger partial charge in [-0.3, -0.25) is 9.69 Å². The summed E-state index contributed by atoms with van der Waals surface area (Å²) >= 11 is 0. The number of likely N-dealkylation sites (tertiary alicyclic amines) is 1. The van der Waals surface area contributed by atoms with Crippen LogP contribution in [-0.2, 0) is 11.2 Å². The number of hydrogen-bond donors (Lipinski definition) is 2. The summed E-state index contributed by atoms with van der Waals surface area (Å²) in [7, 11) is 0. The van der Waals surface area contributed by atoms with Crippen molar-refractivity contribution >= 4 is 12.0 Å². The van der Waals surface area contributed by atoms with Gasteiger partial charge in [0.1, 0.15) is 0 Å². The number of nitrogens with one attached hydrogen (secondary N) is 1. The number of carboxylic acids is 1. The summed E-state index contributed by atoms with van der Waals surface area (Å²) in [4.78, 5) is 27.6. The molecular weight excluding hydrogens is 342 g/mol. The van der Waals surface area contributed by atoms with Crippen LogP contribution in [0.5, 0.6) is 0 Å². The number of carbonyl (C=O) groups is 2. The summed E-state index contributed by atoms with van der Waals surface area (Å²) < 4.78 is 0. The molecule has 1 aliphatic heterocycles. The summed E-state index contributed by atoms with van der Waals surface area (Å²) in [5.41, 5.74) is 1.33. The van der Waals surface area contributed by atoms with Gasteiger partial charge in [0.2, 0.25) is 0 Å². The minimum Gasteiger partial charge on any atom is -0.480 e. The zero-order valence-corrected chi connectivity index (χ0v) is 16.3. The lowest BCUT2D eigenvalue weighted by Gasteiger charge is -2.43. The van der Waals surface area contributed by atoms with Gasteiger partial charge in [0.15, 0.2) is 0 Å². The van der Waals surface area contributed by atoms with Crippen LogP contribution < -0.4 is 5.32 Å². The van der Waals surface area contributed by atoms with Crippen molar-refractivity contribution < 1.29 is 14.7 Å². The van der Waals surface area contributed by atoms with E-state index in [2.05, 4.69) is 36.5 Å². The third kappa shape index (κ3) is 4.80. The molecule has 148 valence electrons. The molecule has 1 saturated heterocycles.